The summed E-state index contributed by atoms with van der Waals surface area (Å²) in [6.45, 7) is 10.9. The fourth-order valence-electron chi connectivity index (χ4n) is 5.23. The smallest absolute Gasteiger partial charge is 0.161 e. The third kappa shape index (κ3) is 5.48. The minimum Gasteiger partial charge on any atom is -0.385 e. The van der Waals surface area contributed by atoms with Crippen molar-refractivity contribution in [3.8, 4) is 0 Å². The maximum Gasteiger partial charge on any atom is 0.161 e. The number of aliphatic hydroxyl groups is 2. The zero-order chi connectivity index (χ0) is 29.0. The lowest BCUT2D eigenvalue weighted by Gasteiger charge is -2.30. The van der Waals surface area contributed by atoms with Gasteiger partial charge in [-0.25, -0.2) is 0 Å². The van der Waals surface area contributed by atoms with Crippen molar-refractivity contribution in [1.82, 2.24) is 29.3 Å². The van der Waals surface area contributed by atoms with Gasteiger partial charge in [0.1, 0.15) is 3.70 Å². The summed E-state index contributed by atoms with van der Waals surface area (Å²) in [5, 5.41) is 42.2. The summed E-state index contributed by atoms with van der Waals surface area (Å²) < 4.78 is 6.59. The summed E-state index contributed by atoms with van der Waals surface area (Å²) in [7, 11) is 3.80. The first-order valence-corrected chi connectivity index (χ1v) is 14.7. The Morgan fingerprint density at radius 1 is 0.850 bits per heavy atom. The maximum absolute atomic E-state index is 11.5. The van der Waals surface area contributed by atoms with Gasteiger partial charge in [-0.2, -0.15) is 15.3 Å². The number of fused-ring (bicyclic) bond motifs is 2. The van der Waals surface area contributed by atoms with Crippen molar-refractivity contribution in [2.45, 2.75) is 65.2 Å². The van der Waals surface area contributed by atoms with Gasteiger partial charge < -0.3 is 15.5 Å². The summed E-state index contributed by atoms with van der Waals surface area (Å²) >= 11 is 2.22. The van der Waals surface area contributed by atoms with Crippen molar-refractivity contribution in [3.63, 3.8) is 0 Å². The Bertz CT molecular complexity index is 1690. The lowest BCUT2D eigenvalue weighted by atomic mass is 9.83. The van der Waals surface area contributed by atoms with E-state index in [-0.39, 0.29) is 0 Å². The second-order valence-electron chi connectivity index (χ2n) is 11.8. The number of halogens is 1. The zero-order valence-electron chi connectivity index (χ0n) is 24.2. The molecule has 0 radical (unpaired) electrons. The minimum atomic E-state index is -1.14. The normalized spacial score (nSPS) is 15.2. The molecule has 0 bridgehead atoms. The largest absolute Gasteiger partial charge is 0.385 e. The van der Waals surface area contributed by atoms with E-state index >= 15 is 0 Å². The standard InChI is InChI=1S/C30H38IN7O2/c1-18(2)17-38-19(3)14-26(33-38)32-28-23-11-9-21(16-25(23)37(7)35-28)30(5,40)13-12-29(4,39)20-8-10-22-24(15-20)36(6)34-27(22)31/h8-11,14-16,18,39-40H,12-13,17H2,1-7H3,(H,32,33,35). The number of hydrogen-bond donors (Lipinski definition) is 3. The molecule has 2 atom stereocenters. The SMILES string of the molecule is Cc1cc(Nc2nn(C)c3cc(C(C)(O)CCC(C)(O)c4ccc5c(I)nn(C)c5c4)ccc23)nn1CC(C)C. The highest BCUT2D eigenvalue weighted by molar-refractivity contribution is 14.1. The van der Waals surface area contributed by atoms with Crippen molar-refractivity contribution in [2.75, 3.05) is 5.32 Å². The molecule has 212 valence electrons. The Labute approximate surface area is 248 Å². The number of aromatic nitrogens is 6. The highest BCUT2D eigenvalue weighted by Gasteiger charge is 2.31. The predicted octanol–water partition coefficient (Wildman–Crippen LogP) is 5.86. The fourth-order valence-corrected chi connectivity index (χ4v) is 6.01. The molecule has 0 fully saturated rings. The van der Waals surface area contributed by atoms with Crippen LogP contribution in [0.1, 0.15) is 57.4 Å². The van der Waals surface area contributed by atoms with Crippen molar-refractivity contribution >= 4 is 56.0 Å². The van der Waals surface area contributed by atoms with Gasteiger partial charge in [0.05, 0.1) is 22.2 Å². The quantitative estimate of drug-likeness (QED) is 0.172. The molecular formula is C30H38IN7O2. The van der Waals surface area contributed by atoms with E-state index in [9.17, 15) is 10.2 Å². The van der Waals surface area contributed by atoms with Gasteiger partial charge in [0.15, 0.2) is 11.6 Å². The number of nitrogens with zero attached hydrogens (tertiary/aromatic N) is 6. The predicted molar refractivity (Wildman–Crippen MR) is 168 cm³/mol. The fraction of sp³-hybridized carbons (Fsp3) is 0.433. The summed E-state index contributed by atoms with van der Waals surface area (Å²) in [5.41, 5.74) is 2.30. The van der Waals surface area contributed by atoms with Gasteiger partial charge in [-0.15, -0.1) is 0 Å². The molecule has 40 heavy (non-hydrogen) atoms. The van der Waals surface area contributed by atoms with Gasteiger partial charge in [0.25, 0.3) is 0 Å². The minimum absolute atomic E-state index is 0.377. The highest BCUT2D eigenvalue weighted by atomic mass is 127. The zero-order valence-corrected chi connectivity index (χ0v) is 26.4. The Balaban J connectivity index is 1.35. The van der Waals surface area contributed by atoms with Gasteiger partial charge in [0.2, 0.25) is 0 Å². The maximum atomic E-state index is 11.5. The second kappa shape index (κ2) is 10.5. The molecule has 5 rings (SSSR count). The molecule has 0 saturated heterocycles. The molecule has 9 nitrogen and oxygen atoms in total. The molecule has 3 aromatic heterocycles. The van der Waals surface area contributed by atoms with E-state index in [1.54, 1.807) is 13.8 Å². The number of aryl methyl sites for hydroxylation is 3. The lowest BCUT2D eigenvalue weighted by Crippen LogP contribution is -2.28. The lowest BCUT2D eigenvalue weighted by molar-refractivity contribution is -0.00764. The molecule has 10 heteroatoms. The summed E-state index contributed by atoms with van der Waals surface area (Å²) in [5.74, 6) is 1.99. The van der Waals surface area contributed by atoms with Crippen LogP contribution in [0.15, 0.2) is 42.5 Å². The van der Waals surface area contributed by atoms with Crippen molar-refractivity contribution in [2.24, 2.45) is 20.0 Å². The van der Waals surface area contributed by atoms with Crippen LogP contribution in [0, 0.1) is 16.5 Å². The van der Waals surface area contributed by atoms with Crippen LogP contribution >= 0.6 is 22.6 Å². The number of rotatable bonds is 9. The van der Waals surface area contributed by atoms with E-state index in [0.29, 0.717) is 18.8 Å². The second-order valence-corrected chi connectivity index (χ2v) is 12.8. The first-order valence-electron chi connectivity index (χ1n) is 13.6. The molecule has 0 amide bonds. The van der Waals surface area contributed by atoms with Gasteiger partial charge >= 0.3 is 0 Å². The van der Waals surface area contributed by atoms with Gasteiger partial charge in [-0.1, -0.05) is 26.0 Å². The third-order valence-corrected chi connectivity index (χ3v) is 8.56. The van der Waals surface area contributed by atoms with Gasteiger partial charge in [-0.05, 0) is 97.5 Å². The monoisotopic (exact) mass is 655 g/mol. The summed E-state index contributed by atoms with van der Waals surface area (Å²) in [4.78, 5) is 0. The van der Waals surface area contributed by atoms with E-state index in [1.807, 2.05) is 70.6 Å². The van der Waals surface area contributed by atoms with Crippen LogP contribution in [0.3, 0.4) is 0 Å². The summed E-state index contributed by atoms with van der Waals surface area (Å²) in [6.07, 6.45) is 0.761. The van der Waals surface area contributed by atoms with Crippen molar-refractivity contribution in [1.29, 1.82) is 0 Å². The van der Waals surface area contributed by atoms with Crippen molar-refractivity contribution < 1.29 is 10.2 Å². The first kappa shape index (κ1) is 28.6. The van der Waals surface area contributed by atoms with Crippen LogP contribution in [0.5, 0.6) is 0 Å². The molecule has 0 saturated carbocycles. The molecule has 0 aliphatic carbocycles. The average molecular weight is 656 g/mol. The Morgan fingerprint density at radius 3 is 2.00 bits per heavy atom. The molecule has 3 N–H and O–H groups in total. The van der Waals surface area contributed by atoms with E-state index in [4.69, 9.17) is 10.2 Å². The molecule has 3 heterocycles. The third-order valence-electron chi connectivity index (χ3n) is 7.77. The van der Waals surface area contributed by atoms with Crippen LogP contribution in [0.4, 0.5) is 11.6 Å². The molecule has 0 spiro atoms. The van der Waals surface area contributed by atoms with Gasteiger partial charge in [0, 0.05) is 43.2 Å². The average Bonchev–Trinajstić information content (AvgIpc) is 3.49. The number of benzene rings is 2. The van der Waals surface area contributed by atoms with E-state index < -0.39 is 11.2 Å². The Morgan fingerprint density at radius 2 is 1.40 bits per heavy atom. The van der Waals surface area contributed by atoms with Crippen LogP contribution in [-0.4, -0.2) is 39.6 Å². The number of anilines is 2. The molecular weight excluding hydrogens is 617 g/mol. The number of nitrogens with one attached hydrogen (secondary N) is 1. The Kier molecular flexibility index (Phi) is 7.47. The highest BCUT2D eigenvalue weighted by Crippen LogP contribution is 2.37. The van der Waals surface area contributed by atoms with Crippen LogP contribution in [0.25, 0.3) is 21.8 Å². The molecule has 2 aromatic carbocycles. The van der Waals surface area contributed by atoms with Crippen LogP contribution in [-0.2, 0) is 31.8 Å². The Hall–Kier alpha value is -2.96. The van der Waals surface area contributed by atoms with Crippen LogP contribution in [0.2, 0.25) is 0 Å². The molecule has 0 aliphatic rings. The molecule has 5 aromatic rings. The first-order chi connectivity index (χ1) is 18.7. The van der Waals surface area contributed by atoms with E-state index in [2.05, 4.69) is 53.8 Å². The van der Waals surface area contributed by atoms with Crippen molar-refractivity contribution in [3.05, 3.63) is 63.0 Å². The topological polar surface area (TPSA) is 106 Å². The van der Waals surface area contributed by atoms with Gasteiger partial charge in [-0.3, -0.25) is 14.0 Å². The summed E-state index contributed by atoms with van der Waals surface area (Å²) in [6, 6.07) is 13.9. The van der Waals surface area contributed by atoms with E-state index in [0.717, 1.165) is 60.5 Å². The molecule has 2 unspecified atom stereocenters. The van der Waals surface area contributed by atoms with Crippen LogP contribution < -0.4 is 5.32 Å². The number of hydrogen-bond acceptors (Lipinski definition) is 6. The van der Waals surface area contributed by atoms with E-state index in [1.165, 1.54) is 0 Å². The molecule has 0 aliphatic heterocycles.